The lowest BCUT2D eigenvalue weighted by atomic mass is 10.0. The largest absolute Gasteiger partial charge is 0.393 e. The Hall–Kier alpha value is -2.96. The third-order valence-corrected chi connectivity index (χ3v) is 7.84. The van der Waals surface area contributed by atoms with Crippen molar-refractivity contribution < 1.29 is 23.4 Å². The highest BCUT2D eigenvalue weighted by Crippen LogP contribution is 2.22. The van der Waals surface area contributed by atoms with E-state index in [1.54, 1.807) is 23.9 Å². The maximum atomic E-state index is 11.5. The van der Waals surface area contributed by atoms with Gasteiger partial charge in [0.05, 0.1) is 30.8 Å². The average Bonchev–Trinajstić information content (AvgIpc) is 3.35. The fourth-order valence-electron chi connectivity index (χ4n) is 4.07. The molecule has 3 aromatic rings. The minimum absolute atomic E-state index is 0.00434. The van der Waals surface area contributed by atoms with Crippen molar-refractivity contribution in [2.75, 3.05) is 18.1 Å². The standard InChI is InChI=1S/C27H30N2O5S/c1-20(31)27-28-14-15-29(27)25(18-30)11-6-21-2-7-23(8-3-21)24-9-4-22(5-10-24)19-34-26-12-16-35(32,33)17-13-26/h2-5,7-10,14-15,20,25-26,30-31H,12-13,16-19H2,1H3/t20-,25-/m0/s1. The number of aliphatic hydroxyl groups excluding tert-OH is 2. The van der Waals surface area contributed by atoms with E-state index in [9.17, 15) is 18.6 Å². The van der Waals surface area contributed by atoms with Crippen LogP contribution >= 0.6 is 0 Å². The molecular weight excluding hydrogens is 464 g/mol. The van der Waals surface area contributed by atoms with E-state index in [1.807, 2.05) is 48.5 Å². The number of aliphatic hydroxyl groups is 2. The molecule has 7 nitrogen and oxygen atoms in total. The second-order valence-electron chi connectivity index (χ2n) is 8.77. The van der Waals surface area contributed by atoms with E-state index in [-0.39, 0.29) is 24.2 Å². The first-order valence-corrected chi connectivity index (χ1v) is 13.5. The normalized spacial score (nSPS) is 17.3. The maximum absolute atomic E-state index is 11.5. The molecule has 1 aromatic heterocycles. The number of ether oxygens (including phenoxy) is 1. The smallest absolute Gasteiger partial charge is 0.150 e. The molecule has 0 spiro atoms. The summed E-state index contributed by atoms with van der Waals surface area (Å²) < 4.78 is 30.7. The number of benzene rings is 2. The summed E-state index contributed by atoms with van der Waals surface area (Å²) in [6.07, 6.45) is 3.68. The van der Waals surface area contributed by atoms with E-state index in [0.29, 0.717) is 25.3 Å². The third-order valence-electron chi connectivity index (χ3n) is 6.12. The zero-order valence-electron chi connectivity index (χ0n) is 19.7. The van der Waals surface area contributed by atoms with Gasteiger partial charge in [0.1, 0.15) is 18.0 Å². The van der Waals surface area contributed by atoms with Crippen LogP contribution in [0.3, 0.4) is 0 Å². The van der Waals surface area contributed by atoms with E-state index >= 15 is 0 Å². The Morgan fingerprint density at radius 3 is 2.31 bits per heavy atom. The first kappa shape index (κ1) is 25.1. The number of imidazole rings is 1. The molecule has 184 valence electrons. The van der Waals surface area contributed by atoms with E-state index in [0.717, 1.165) is 22.3 Å². The van der Waals surface area contributed by atoms with Crippen molar-refractivity contribution >= 4 is 9.84 Å². The van der Waals surface area contributed by atoms with Crippen LogP contribution in [0.5, 0.6) is 0 Å². The summed E-state index contributed by atoms with van der Waals surface area (Å²) in [5.74, 6) is 7.05. The molecule has 2 heterocycles. The first-order chi connectivity index (χ1) is 16.8. The number of nitrogens with zero attached hydrogens (tertiary/aromatic N) is 2. The van der Waals surface area contributed by atoms with Crippen LogP contribution < -0.4 is 0 Å². The quantitative estimate of drug-likeness (QED) is 0.489. The predicted molar refractivity (Wildman–Crippen MR) is 134 cm³/mol. The summed E-state index contributed by atoms with van der Waals surface area (Å²) in [6, 6.07) is 15.5. The highest BCUT2D eigenvalue weighted by atomic mass is 32.2. The van der Waals surface area contributed by atoms with E-state index < -0.39 is 22.0 Å². The molecule has 0 bridgehead atoms. The Kier molecular flexibility index (Phi) is 8.04. The fourth-order valence-corrected chi connectivity index (χ4v) is 5.52. The Morgan fingerprint density at radius 2 is 1.71 bits per heavy atom. The van der Waals surface area contributed by atoms with Gasteiger partial charge in [0.25, 0.3) is 0 Å². The highest BCUT2D eigenvalue weighted by molar-refractivity contribution is 7.91. The summed E-state index contributed by atoms with van der Waals surface area (Å²) in [5, 5.41) is 19.6. The van der Waals surface area contributed by atoms with E-state index in [1.165, 1.54) is 0 Å². The Morgan fingerprint density at radius 1 is 1.09 bits per heavy atom. The van der Waals surface area contributed by atoms with Crippen LogP contribution in [-0.4, -0.2) is 52.4 Å². The zero-order valence-corrected chi connectivity index (χ0v) is 20.5. The molecule has 0 unspecified atom stereocenters. The van der Waals surface area contributed by atoms with Crippen LogP contribution in [0.15, 0.2) is 60.9 Å². The Balaban J connectivity index is 1.36. The van der Waals surface area contributed by atoms with Crippen molar-refractivity contribution in [1.82, 2.24) is 9.55 Å². The molecule has 0 amide bonds. The second-order valence-corrected chi connectivity index (χ2v) is 11.1. The van der Waals surface area contributed by atoms with Crippen molar-refractivity contribution in [2.45, 2.75) is 44.6 Å². The summed E-state index contributed by atoms with van der Waals surface area (Å²) in [6.45, 7) is 1.92. The summed E-state index contributed by atoms with van der Waals surface area (Å²) >= 11 is 0. The third kappa shape index (κ3) is 6.59. The van der Waals surface area contributed by atoms with Gasteiger partial charge in [0.2, 0.25) is 0 Å². The first-order valence-electron chi connectivity index (χ1n) is 11.7. The number of hydrogen-bond acceptors (Lipinski definition) is 6. The van der Waals surface area contributed by atoms with Crippen molar-refractivity contribution in [1.29, 1.82) is 0 Å². The Labute approximate surface area is 206 Å². The van der Waals surface area contributed by atoms with E-state index in [4.69, 9.17) is 4.74 Å². The number of aromatic nitrogens is 2. The van der Waals surface area contributed by atoms with Crippen molar-refractivity contribution in [3.05, 3.63) is 77.9 Å². The molecule has 0 aliphatic carbocycles. The van der Waals surface area contributed by atoms with Crippen LogP contribution in [-0.2, 0) is 21.2 Å². The molecule has 2 atom stereocenters. The molecule has 8 heteroatoms. The molecule has 0 radical (unpaired) electrons. The maximum Gasteiger partial charge on any atom is 0.150 e. The van der Waals surface area contributed by atoms with Crippen LogP contribution in [0.4, 0.5) is 0 Å². The number of rotatable bonds is 7. The van der Waals surface area contributed by atoms with Gasteiger partial charge in [-0.1, -0.05) is 48.2 Å². The van der Waals surface area contributed by atoms with Gasteiger partial charge in [-0.25, -0.2) is 13.4 Å². The fraction of sp³-hybridized carbons (Fsp3) is 0.370. The van der Waals surface area contributed by atoms with Crippen LogP contribution in [0.25, 0.3) is 11.1 Å². The molecule has 1 aliphatic heterocycles. The molecule has 1 aliphatic rings. The van der Waals surface area contributed by atoms with Gasteiger partial charge in [-0.05, 0) is 48.6 Å². The van der Waals surface area contributed by atoms with Crippen LogP contribution in [0.1, 0.15) is 48.9 Å². The predicted octanol–water partition coefficient (Wildman–Crippen LogP) is 3.28. The van der Waals surface area contributed by atoms with Gasteiger partial charge in [-0.2, -0.15) is 0 Å². The summed E-state index contributed by atoms with van der Waals surface area (Å²) in [5.41, 5.74) is 4.01. The Bertz CT molecular complexity index is 1270. The molecule has 1 fully saturated rings. The molecule has 0 saturated carbocycles. The van der Waals surface area contributed by atoms with Crippen LogP contribution in [0.2, 0.25) is 0 Å². The van der Waals surface area contributed by atoms with Gasteiger partial charge >= 0.3 is 0 Å². The minimum atomic E-state index is -2.88. The van der Waals surface area contributed by atoms with Crippen molar-refractivity contribution in [2.24, 2.45) is 0 Å². The van der Waals surface area contributed by atoms with Gasteiger partial charge in [0, 0.05) is 18.0 Å². The lowest BCUT2D eigenvalue weighted by Gasteiger charge is -2.22. The molecule has 1 saturated heterocycles. The molecule has 2 N–H and O–H groups in total. The lowest BCUT2D eigenvalue weighted by molar-refractivity contribution is 0.0345. The highest BCUT2D eigenvalue weighted by Gasteiger charge is 2.24. The summed E-state index contributed by atoms with van der Waals surface area (Å²) in [4.78, 5) is 4.14. The molecule has 2 aromatic carbocycles. The minimum Gasteiger partial charge on any atom is -0.393 e. The monoisotopic (exact) mass is 494 g/mol. The zero-order chi connectivity index (χ0) is 24.8. The molecule has 4 rings (SSSR count). The SMILES string of the molecule is C[C@H](O)c1nccn1[C@@H](C#Cc1ccc(-c2ccc(COC3CCS(=O)(=O)CC3)cc2)cc1)CO. The lowest BCUT2D eigenvalue weighted by Crippen LogP contribution is -2.28. The van der Waals surface area contributed by atoms with Crippen molar-refractivity contribution in [3.8, 4) is 23.0 Å². The van der Waals surface area contributed by atoms with Gasteiger partial charge in [-0.3, -0.25) is 0 Å². The topological polar surface area (TPSA) is 102 Å². The van der Waals surface area contributed by atoms with Gasteiger partial charge in [-0.15, -0.1) is 0 Å². The second kappa shape index (κ2) is 11.2. The number of hydrogen-bond donors (Lipinski definition) is 2. The van der Waals surface area contributed by atoms with Gasteiger partial charge < -0.3 is 19.5 Å². The number of sulfone groups is 1. The van der Waals surface area contributed by atoms with Gasteiger partial charge in [0.15, 0.2) is 9.84 Å². The van der Waals surface area contributed by atoms with Crippen LogP contribution in [0, 0.1) is 11.8 Å². The van der Waals surface area contributed by atoms with E-state index in [2.05, 4.69) is 16.8 Å². The molecule has 35 heavy (non-hydrogen) atoms. The average molecular weight is 495 g/mol. The van der Waals surface area contributed by atoms with Crippen molar-refractivity contribution in [3.63, 3.8) is 0 Å². The molecular formula is C27H30N2O5S. The summed E-state index contributed by atoms with van der Waals surface area (Å²) in [7, 11) is -2.88.